The monoisotopic (exact) mass is 1800 g/mol. The summed E-state index contributed by atoms with van der Waals surface area (Å²) in [4.78, 5) is 17.5. The average molecular weight is 1800 g/mol. The van der Waals surface area contributed by atoms with Gasteiger partial charge in [-0.2, -0.15) is 0 Å². The highest BCUT2D eigenvalue weighted by Gasteiger charge is 2.53. The van der Waals surface area contributed by atoms with Gasteiger partial charge in [0.15, 0.2) is 17.5 Å². The molecule has 0 amide bonds. The summed E-state index contributed by atoms with van der Waals surface area (Å²) in [6.45, 7) is 4.83. The summed E-state index contributed by atoms with van der Waals surface area (Å²) in [5.74, 6) is 5.38. The zero-order valence-corrected chi connectivity index (χ0v) is 74.9. The van der Waals surface area contributed by atoms with Crippen LogP contribution in [0.3, 0.4) is 0 Å². The Morgan fingerprint density at radius 1 is 0.264 bits per heavy atom. The predicted molar refractivity (Wildman–Crippen MR) is 582 cm³/mol. The summed E-state index contributed by atoms with van der Waals surface area (Å²) in [6, 6.07) is 167. The maximum atomic E-state index is 6.51. The normalized spacial score (nSPS) is 12.8. The number of anilines is 3. The van der Waals surface area contributed by atoms with E-state index in [0.717, 1.165) is 101 Å². The number of ether oxygens (including phenoxy) is 2. The molecule has 5 aliphatic rings. The van der Waals surface area contributed by atoms with Gasteiger partial charge in [0.25, 0.3) is 6.71 Å². The van der Waals surface area contributed by atoms with Crippen molar-refractivity contribution in [3.63, 3.8) is 0 Å². The molecule has 1 spiro atoms. The van der Waals surface area contributed by atoms with Crippen LogP contribution in [-0.4, -0.2) is 30.8 Å². The fourth-order valence-electron chi connectivity index (χ4n) is 22.8. The van der Waals surface area contributed by atoms with E-state index in [-0.39, 0.29) is 34.4 Å². The Bertz CT molecular complexity index is 8810. The first kappa shape index (κ1) is 85.2. The minimum absolute atomic E-state index is 0. The molecule has 0 unspecified atom stereocenters. The van der Waals surface area contributed by atoms with E-state index < -0.39 is 5.41 Å². The van der Waals surface area contributed by atoms with Gasteiger partial charge in [-0.05, 0) is 198 Å². The van der Waals surface area contributed by atoms with Gasteiger partial charge in [0.1, 0.15) is 34.2 Å². The van der Waals surface area contributed by atoms with Gasteiger partial charge in [-0.3, -0.25) is 0 Å². The summed E-state index contributed by atoms with van der Waals surface area (Å²) < 4.78 is 24.1. The zero-order valence-electron chi connectivity index (χ0n) is 74.9. The average Bonchev–Trinajstić information content (AvgIpc) is 1.50. The summed E-state index contributed by atoms with van der Waals surface area (Å²) in [7, 11) is 0. The number of aromatic nitrogens is 5. The van der Waals surface area contributed by atoms with Crippen molar-refractivity contribution in [3.05, 3.63) is 500 Å². The van der Waals surface area contributed by atoms with Crippen molar-refractivity contribution in [3.8, 4) is 124 Å². The van der Waals surface area contributed by atoms with Crippen molar-refractivity contribution in [2.75, 3.05) is 4.90 Å². The molecule has 29 rings (SSSR count). The van der Waals surface area contributed by atoms with Crippen LogP contribution in [0.1, 0.15) is 69.5 Å². The van der Waals surface area contributed by atoms with Crippen LogP contribution < -0.4 is 30.8 Å². The third-order valence-corrected chi connectivity index (χ3v) is 28.9. The SMILES string of the molecule is C.C.C.CC1(C)c2ccccc2-c2ccc(N(c3ccc(-c4ccccc4)cc3)c3cccc4c3-c3ccccc3C43c4ccccc4-c4ccccc43)cc21.c1ccc(-c2nc(-c3ccccc3)nc(-c3cccc4oc5ccc(-c6ccc7c(c6)c6ccccc6n7-c6ccccc6)cc5c34)n2)cc1.c1ccc2c(c1)Oc1cc(-n3c4ccccc4c4ccccc43)cc3c1B2c1ccccc1O3. The van der Waals surface area contributed by atoms with Gasteiger partial charge < -0.3 is 27.9 Å². The molecule has 9 nitrogen and oxygen atoms in total. The van der Waals surface area contributed by atoms with E-state index in [1.807, 2.05) is 84.9 Å². The van der Waals surface area contributed by atoms with E-state index in [1.54, 1.807) is 0 Å². The number of hydrogen-bond acceptors (Lipinski definition) is 7. The number of nitrogens with zero attached hydrogens (tertiary/aromatic N) is 6. The maximum Gasteiger partial charge on any atom is 0.260 e. The summed E-state index contributed by atoms with van der Waals surface area (Å²) >= 11 is 0. The highest BCUT2D eigenvalue weighted by Crippen LogP contribution is 2.65. The van der Waals surface area contributed by atoms with Crippen LogP contribution in [0.2, 0.25) is 0 Å². The van der Waals surface area contributed by atoms with Crippen molar-refractivity contribution in [1.29, 1.82) is 0 Å². The van der Waals surface area contributed by atoms with Gasteiger partial charge in [0.05, 0.1) is 38.9 Å². The predicted octanol–water partition coefficient (Wildman–Crippen LogP) is 32.4. The molecule has 2 aliphatic heterocycles. The molecule has 666 valence electrons. The Kier molecular flexibility index (Phi) is 20.7. The van der Waals surface area contributed by atoms with Crippen LogP contribution in [-0.2, 0) is 10.8 Å². The fourth-order valence-corrected chi connectivity index (χ4v) is 22.8. The summed E-state index contributed by atoms with van der Waals surface area (Å²) in [5, 5.41) is 6.91. The fraction of sp³-hybridized carbons (Fsp3) is 0.0538. The maximum absolute atomic E-state index is 6.51. The van der Waals surface area contributed by atoms with Crippen LogP contribution in [0.15, 0.2) is 472 Å². The smallest absolute Gasteiger partial charge is 0.260 e. The van der Waals surface area contributed by atoms with Gasteiger partial charge in [0, 0.05) is 94.6 Å². The van der Waals surface area contributed by atoms with Gasteiger partial charge in [-0.15, -0.1) is 0 Å². The molecule has 0 bridgehead atoms. The van der Waals surface area contributed by atoms with Crippen molar-refractivity contribution in [2.45, 2.75) is 47.0 Å². The lowest BCUT2D eigenvalue weighted by Crippen LogP contribution is -2.57. The lowest BCUT2D eigenvalue weighted by atomic mass is 9.35. The minimum Gasteiger partial charge on any atom is -0.458 e. The zero-order chi connectivity index (χ0) is 90.6. The Labute approximate surface area is 814 Å². The summed E-state index contributed by atoms with van der Waals surface area (Å²) in [5.41, 5.74) is 38.4. The van der Waals surface area contributed by atoms with Gasteiger partial charge in [0.2, 0.25) is 0 Å². The molecule has 0 fully saturated rings. The second-order valence-electron chi connectivity index (χ2n) is 36.6. The second kappa shape index (κ2) is 34.0. The molecule has 4 aromatic heterocycles. The van der Waals surface area contributed by atoms with Gasteiger partial charge in [-0.1, -0.05) is 388 Å². The van der Waals surface area contributed by atoms with Crippen molar-refractivity contribution < 1.29 is 13.9 Å². The van der Waals surface area contributed by atoms with Gasteiger partial charge in [-0.25, -0.2) is 15.0 Å². The number of furan rings is 1. The first-order chi connectivity index (χ1) is 67.7. The molecule has 24 aromatic rings. The van der Waals surface area contributed by atoms with E-state index in [9.17, 15) is 0 Å². The first-order valence-electron chi connectivity index (χ1n) is 47.0. The van der Waals surface area contributed by atoms with Crippen LogP contribution in [0.5, 0.6) is 23.0 Å². The van der Waals surface area contributed by atoms with Crippen LogP contribution in [0, 0.1) is 0 Å². The number of rotatable bonds is 10. The summed E-state index contributed by atoms with van der Waals surface area (Å²) in [6.07, 6.45) is 0. The molecule has 0 atom stereocenters. The Morgan fingerprint density at radius 3 is 1.27 bits per heavy atom. The molecule has 10 heteroatoms. The second-order valence-corrected chi connectivity index (χ2v) is 36.6. The third-order valence-electron chi connectivity index (χ3n) is 28.9. The van der Waals surface area contributed by atoms with Crippen molar-refractivity contribution >= 4 is 106 Å². The molecule has 6 heterocycles. The lowest BCUT2D eigenvalue weighted by molar-refractivity contribution is 0.464. The quantitative estimate of drug-likeness (QED) is 0.126. The molecular weight excluding hydrogens is 1700 g/mol. The van der Waals surface area contributed by atoms with Crippen LogP contribution in [0.25, 0.3) is 167 Å². The molecule has 3 aliphatic carbocycles. The van der Waals surface area contributed by atoms with E-state index in [4.69, 9.17) is 28.8 Å². The van der Waals surface area contributed by atoms with E-state index >= 15 is 0 Å². The first-order valence-corrected chi connectivity index (χ1v) is 47.0. The number of para-hydroxylation sites is 6. The van der Waals surface area contributed by atoms with Crippen molar-refractivity contribution in [1.82, 2.24) is 24.1 Å². The van der Waals surface area contributed by atoms with Crippen LogP contribution >= 0.6 is 0 Å². The topological polar surface area (TPSA) is 83.4 Å². The third kappa shape index (κ3) is 13.3. The van der Waals surface area contributed by atoms with E-state index in [1.165, 1.54) is 138 Å². The molecule has 140 heavy (non-hydrogen) atoms. The lowest BCUT2D eigenvalue weighted by Gasteiger charge is -2.33. The minimum atomic E-state index is -0.403. The largest absolute Gasteiger partial charge is 0.458 e. The molecule has 0 saturated carbocycles. The Balaban J connectivity index is 0.000000115. The highest BCUT2D eigenvalue weighted by atomic mass is 16.5. The number of benzene rings is 20. The molecule has 20 aromatic carbocycles. The number of fused-ring (bicyclic) bond motifs is 26. The Morgan fingerprint density at radius 2 is 0.679 bits per heavy atom. The van der Waals surface area contributed by atoms with Crippen LogP contribution in [0.4, 0.5) is 17.1 Å². The number of hydrogen-bond donors (Lipinski definition) is 0. The Hall–Kier alpha value is -17.7. The standard InChI is InChI=1S/C52H37N.C45H28N4O.C30H18BNO2.3CH4/c1-51(2)43-21-10-6-17-38(43)41-32-31-37(33-48(41)51)53(36-29-27-35(28-30-36)34-15-4-3-5-16-34)49-26-14-25-47-50(49)42-20-9-13-24-46(42)52(47)44-22-11-7-18-39(44)40-19-8-12-23-45(40)52;1-4-13-29(14-5-1)43-46-44(30-15-6-2-7-16-30)48-45(47-43)35-20-12-22-41-42(35)37-28-32(24-26-40(37)50-41)31-23-25-39-36(27-31)34-19-10-11-21-38(34)49(39)33-17-8-3-9-18-33;1-5-13-24-20(9-1)21-10-2-6-14-25(21)32(24)19-17-28-30-29(18-19)34-27-16-8-4-12-23(27)31(30)22-11-3-7-15-26(22)33-28;;;/h3-33H,1-2H3;1-28H;1-18H;3*1H4. The van der Waals surface area contributed by atoms with Crippen molar-refractivity contribution in [2.24, 2.45) is 0 Å². The molecular formula is C130H95BN6O3. The van der Waals surface area contributed by atoms with E-state index in [2.05, 4.69) is 410 Å². The highest BCUT2D eigenvalue weighted by molar-refractivity contribution is 6.98. The molecule has 0 radical (unpaired) electrons. The molecule has 0 saturated heterocycles. The van der Waals surface area contributed by atoms with Gasteiger partial charge >= 0.3 is 0 Å². The van der Waals surface area contributed by atoms with E-state index in [0.29, 0.717) is 17.5 Å². The molecule has 0 N–H and O–H groups in total.